The number of rotatable bonds is 0. The first-order valence-corrected chi connectivity index (χ1v) is 4.41. The van der Waals surface area contributed by atoms with Gasteiger partial charge < -0.3 is 0 Å². The van der Waals surface area contributed by atoms with E-state index in [1.807, 2.05) is 0 Å². The molecular formula is C10H13N. The Kier molecular flexibility index (Phi) is 1.49. The van der Waals surface area contributed by atoms with Gasteiger partial charge in [-0.1, -0.05) is 19.1 Å². The molecule has 0 heterocycles. The average molecular weight is 147 g/mol. The molecule has 2 bridgehead atoms. The molecule has 1 saturated carbocycles. The summed E-state index contributed by atoms with van der Waals surface area (Å²) in [7, 11) is 0. The first kappa shape index (κ1) is 6.91. The zero-order valence-electron chi connectivity index (χ0n) is 6.83. The molecule has 0 saturated heterocycles. The van der Waals surface area contributed by atoms with E-state index >= 15 is 0 Å². The maximum absolute atomic E-state index is 8.90. The van der Waals surface area contributed by atoms with Gasteiger partial charge in [-0.3, -0.25) is 0 Å². The Bertz CT molecular complexity index is 224. The van der Waals surface area contributed by atoms with Gasteiger partial charge in [0, 0.05) is 0 Å². The van der Waals surface area contributed by atoms with Crippen molar-refractivity contribution in [1.29, 1.82) is 5.26 Å². The SMILES string of the molecule is C[C@@H]1[C@H](C#N)[C@@H]2C=C[C@H]1CC2. The molecule has 1 heteroatoms. The Morgan fingerprint density at radius 3 is 2.27 bits per heavy atom. The van der Waals surface area contributed by atoms with Gasteiger partial charge in [-0.05, 0) is 30.6 Å². The molecule has 11 heavy (non-hydrogen) atoms. The van der Waals surface area contributed by atoms with Crippen molar-refractivity contribution in [2.45, 2.75) is 19.8 Å². The highest BCUT2D eigenvalue weighted by Crippen LogP contribution is 2.43. The summed E-state index contributed by atoms with van der Waals surface area (Å²) in [5.74, 6) is 2.17. The molecule has 58 valence electrons. The Labute approximate surface area is 67.7 Å². The van der Waals surface area contributed by atoms with Crippen molar-refractivity contribution in [3.63, 3.8) is 0 Å². The largest absolute Gasteiger partial charge is 0.198 e. The second-order valence-corrected chi connectivity index (χ2v) is 3.80. The minimum absolute atomic E-state index is 0.304. The molecule has 0 aromatic carbocycles. The summed E-state index contributed by atoms with van der Waals surface area (Å²) in [6.45, 7) is 2.22. The van der Waals surface area contributed by atoms with E-state index in [0.29, 0.717) is 23.7 Å². The summed E-state index contributed by atoms with van der Waals surface area (Å²) < 4.78 is 0. The van der Waals surface area contributed by atoms with E-state index in [9.17, 15) is 0 Å². The van der Waals surface area contributed by atoms with Crippen molar-refractivity contribution < 1.29 is 0 Å². The van der Waals surface area contributed by atoms with Crippen LogP contribution in [0.5, 0.6) is 0 Å². The lowest BCUT2D eigenvalue weighted by Gasteiger charge is -2.39. The predicted octanol–water partition coefficient (Wildman–Crippen LogP) is 2.36. The zero-order chi connectivity index (χ0) is 7.84. The molecule has 0 N–H and O–H groups in total. The molecular weight excluding hydrogens is 134 g/mol. The van der Waals surface area contributed by atoms with Gasteiger partial charge in [-0.25, -0.2) is 0 Å². The number of fused-ring (bicyclic) bond motifs is 2. The highest BCUT2D eigenvalue weighted by molar-refractivity contribution is 5.13. The Morgan fingerprint density at radius 1 is 1.27 bits per heavy atom. The number of nitriles is 1. The molecule has 0 aromatic heterocycles. The van der Waals surface area contributed by atoms with E-state index < -0.39 is 0 Å². The normalized spacial score (nSPS) is 47.3. The Hall–Kier alpha value is -0.770. The van der Waals surface area contributed by atoms with Gasteiger partial charge in [0.15, 0.2) is 0 Å². The summed E-state index contributed by atoms with van der Waals surface area (Å²) in [4.78, 5) is 0. The van der Waals surface area contributed by atoms with Crippen LogP contribution in [0.25, 0.3) is 0 Å². The van der Waals surface area contributed by atoms with Crippen molar-refractivity contribution in [1.82, 2.24) is 0 Å². The summed E-state index contributed by atoms with van der Waals surface area (Å²) in [5.41, 5.74) is 0. The quantitative estimate of drug-likeness (QED) is 0.482. The van der Waals surface area contributed by atoms with Gasteiger partial charge in [0.05, 0.1) is 12.0 Å². The van der Waals surface area contributed by atoms with E-state index in [1.165, 1.54) is 12.8 Å². The van der Waals surface area contributed by atoms with Gasteiger partial charge in [0.2, 0.25) is 0 Å². The fourth-order valence-electron chi connectivity index (χ4n) is 2.47. The third kappa shape index (κ3) is 0.894. The highest BCUT2D eigenvalue weighted by Gasteiger charge is 2.37. The molecule has 0 aliphatic heterocycles. The fraction of sp³-hybridized carbons (Fsp3) is 0.700. The standard InChI is InChI=1S/C10H13N/c1-7-8-2-4-9(5-3-8)10(7)6-11/h2,4,7-10H,3,5H2,1H3/t7-,8-,9+,10-/m0/s1. The molecule has 0 aromatic rings. The lowest BCUT2D eigenvalue weighted by atomic mass is 9.63. The van der Waals surface area contributed by atoms with Crippen LogP contribution in [-0.2, 0) is 0 Å². The van der Waals surface area contributed by atoms with E-state index in [2.05, 4.69) is 25.1 Å². The van der Waals surface area contributed by atoms with Crippen LogP contribution in [0.1, 0.15) is 19.8 Å². The molecule has 1 nitrogen and oxygen atoms in total. The second-order valence-electron chi connectivity index (χ2n) is 3.80. The maximum atomic E-state index is 8.90. The summed E-state index contributed by atoms with van der Waals surface area (Å²) in [6.07, 6.45) is 7.11. The summed E-state index contributed by atoms with van der Waals surface area (Å²) >= 11 is 0. The zero-order valence-corrected chi connectivity index (χ0v) is 6.83. The van der Waals surface area contributed by atoms with E-state index in [4.69, 9.17) is 5.26 Å². The van der Waals surface area contributed by atoms with Crippen LogP contribution in [0.4, 0.5) is 0 Å². The maximum Gasteiger partial charge on any atom is 0.0665 e. The molecule has 3 aliphatic carbocycles. The topological polar surface area (TPSA) is 23.8 Å². The molecule has 1 fully saturated rings. The van der Waals surface area contributed by atoms with E-state index in [1.54, 1.807) is 0 Å². The molecule has 0 unspecified atom stereocenters. The van der Waals surface area contributed by atoms with Crippen molar-refractivity contribution in [3.05, 3.63) is 12.2 Å². The highest BCUT2D eigenvalue weighted by atomic mass is 14.4. The third-order valence-corrected chi connectivity index (χ3v) is 3.29. The Balaban J connectivity index is 2.28. The average Bonchev–Trinajstić information content (AvgIpc) is 2.06. The van der Waals surface area contributed by atoms with Crippen LogP contribution in [0.3, 0.4) is 0 Å². The molecule has 3 aliphatic rings. The third-order valence-electron chi connectivity index (χ3n) is 3.29. The van der Waals surface area contributed by atoms with Gasteiger partial charge in [-0.2, -0.15) is 5.26 Å². The van der Waals surface area contributed by atoms with Gasteiger partial charge in [0.25, 0.3) is 0 Å². The van der Waals surface area contributed by atoms with Crippen LogP contribution >= 0.6 is 0 Å². The molecule has 4 atom stereocenters. The molecule has 0 radical (unpaired) electrons. The van der Waals surface area contributed by atoms with Crippen LogP contribution in [0, 0.1) is 35.0 Å². The van der Waals surface area contributed by atoms with Crippen molar-refractivity contribution >= 4 is 0 Å². The predicted molar refractivity (Wildman–Crippen MR) is 43.6 cm³/mol. The smallest absolute Gasteiger partial charge is 0.0665 e. The second kappa shape index (κ2) is 2.37. The minimum Gasteiger partial charge on any atom is -0.198 e. The fourth-order valence-corrected chi connectivity index (χ4v) is 2.47. The van der Waals surface area contributed by atoms with Gasteiger partial charge in [0.1, 0.15) is 0 Å². The van der Waals surface area contributed by atoms with Gasteiger partial charge in [-0.15, -0.1) is 0 Å². The molecule has 0 amide bonds. The van der Waals surface area contributed by atoms with Crippen molar-refractivity contribution in [2.75, 3.05) is 0 Å². The Morgan fingerprint density at radius 2 is 1.91 bits per heavy atom. The lowest BCUT2D eigenvalue weighted by Crippen LogP contribution is -2.34. The van der Waals surface area contributed by atoms with Gasteiger partial charge >= 0.3 is 0 Å². The minimum atomic E-state index is 0.304. The summed E-state index contributed by atoms with van der Waals surface area (Å²) in [5, 5.41) is 8.90. The van der Waals surface area contributed by atoms with E-state index in [-0.39, 0.29) is 0 Å². The molecule has 3 rings (SSSR count). The first-order valence-electron chi connectivity index (χ1n) is 4.41. The van der Waals surface area contributed by atoms with Crippen LogP contribution in [0.15, 0.2) is 12.2 Å². The summed E-state index contributed by atoms with van der Waals surface area (Å²) in [6, 6.07) is 2.43. The van der Waals surface area contributed by atoms with Crippen LogP contribution < -0.4 is 0 Å². The number of nitrogens with zero attached hydrogens (tertiary/aromatic N) is 1. The molecule has 0 spiro atoms. The van der Waals surface area contributed by atoms with Crippen molar-refractivity contribution in [3.8, 4) is 6.07 Å². The monoisotopic (exact) mass is 147 g/mol. The van der Waals surface area contributed by atoms with Crippen molar-refractivity contribution in [2.24, 2.45) is 23.7 Å². The first-order chi connectivity index (χ1) is 5.33. The van der Waals surface area contributed by atoms with E-state index in [0.717, 1.165) is 0 Å². The number of allylic oxidation sites excluding steroid dienone is 2. The van der Waals surface area contributed by atoms with Crippen LogP contribution in [-0.4, -0.2) is 0 Å². The lowest BCUT2D eigenvalue weighted by molar-refractivity contribution is 0.180. The number of hydrogen-bond acceptors (Lipinski definition) is 1. The number of hydrogen-bond donors (Lipinski definition) is 0. The van der Waals surface area contributed by atoms with Crippen LogP contribution in [0.2, 0.25) is 0 Å².